The molecule has 3 rings (SSSR count). The summed E-state index contributed by atoms with van der Waals surface area (Å²) in [6.45, 7) is 0.902. The van der Waals surface area contributed by atoms with Gasteiger partial charge in [0.2, 0.25) is 5.91 Å². The molecule has 0 aliphatic heterocycles. The molecule has 2 atom stereocenters. The zero-order valence-electron chi connectivity index (χ0n) is 19.7. The number of Topliss-reactive ketones (excluding diaryl/α,β-unsaturated/α-hetero) is 1. The van der Waals surface area contributed by atoms with Crippen LogP contribution in [-0.4, -0.2) is 59.1 Å². The van der Waals surface area contributed by atoms with Crippen molar-refractivity contribution < 1.29 is 26.0 Å². The molecule has 186 valence electrons. The lowest BCUT2D eigenvalue weighted by atomic mass is 10.1. The summed E-state index contributed by atoms with van der Waals surface area (Å²) in [7, 11) is 0. The molecule has 0 saturated heterocycles. The zero-order valence-corrected chi connectivity index (χ0v) is 19.7. The van der Waals surface area contributed by atoms with Gasteiger partial charge >= 0.3 is 0 Å². The van der Waals surface area contributed by atoms with Gasteiger partial charge in [0.15, 0.2) is 5.78 Å². The molecular weight excluding hydrogens is 446 g/mol. The van der Waals surface area contributed by atoms with Crippen molar-refractivity contribution in [1.29, 1.82) is 0 Å². The Balaban J connectivity index is 0.00000456. The third-order valence-electron chi connectivity index (χ3n) is 5.85. The molecule has 8 heteroatoms. The second-order valence-electron chi connectivity index (χ2n) is 8.63. The molecule has 1 aliphatic rings. The minimum absolute atomic E-state index is 0. The van der Waals surface area contributed by atoms with E-state index in [-0.39, 0.29) is 7.33 Å². The van der Waals surface area contributed by atoms with E-state index in [0.717, 1.165) is 18.4 Å². The first-order chi connectivity index (χ1) is 16.9. The van der Waals surface area contributed by atoms with E-state index in [2.05, 4.69) is 27.8 Å². The summed E-state index contributed by atoms with van der Waals surface area (Å²) in [5.41, 5.74) is 2.47. The largest absolute Gasteiger partial charge is 0.391 e. The molecule has 1 saturated carbocycles. The minimum atomic E-state index is -1.18. The quantitative estimate of drug-likeness (QED) is 0.349. The van der Waals surface area contributed by atoms with Crippen LogP contribution in [-0.2, 0) is 9.59 Å². The Labute approximate surface area is 206 Å². The number of anilines is 1. The van der Waals surface area contributed by atoms with Crippen LogP contribution in [0.3, 0.4) is 0 Å². The summed E-state index contributed by atoms with van der Waals surface area (Å²) in [6.07, 6.45) is 3.58. The maximum Gasteiger partial charge on any atom is 0.251 e. The number of amides is 2. The highest BCUT2D eigenvalue weighted by molar-refractivity contribution is 5.98. The number of ketones is 1. The van der Waals surface area contributed by atoms with Gasteiger partial charge in [0.05, 0.1) is 12.6 Å². The van der Waals surface area contributed by atoms with Crippen LogP contribution >= 0.6 is 0 Å². The van der Waals surface area contributed by atoms with Gasteiger partial charge in [-0.15, -0.1) is 0 Å². The number of carbonyl (C=O) groups excluding carboxylic acids is 3. The van der Waals surface area contributed by atoms with Gasteiger partial charge in [-0.3, -0.25) is 14.4 Å². The van der Waals surface area contributed by atoms with E-state index in [1.807, 2.05) is 12.1 Å². The van der Waals surface area contributed by atoms with Gasteiger partial charge in [-0.1, -0.05) is 24.7 Å². The fourth-order valence-electron chi connectivity index (χ4n) is 3.85. The van der Waals surface area contributed by atoms with Crippen molar-refractivity contribution in [2.24, 2.45) is 0 Å². The van der Waals surface area contributed by atoms with Gasteiger partial charge in [-0.05, 0) is 68.3 Å². The monoisotopic (exact) mass is 479 g/mol. The molecule has 0 bridgehead atoms. The summed E-state index contributed by atoms with van der Waals surface area (Å²) >= 11 is 0. The second-order valence-corrected chi connectivity index (χ2v) is 8.63. The van der Waals surface area contributed by atoms with Crippen LogP contribution in [0.4, 0.5) is 5.69 Å². The average molecular weight is 480 g/mol. The molecule has 35 heavy (non-hydrogen) atoms. The van der Waals surface area contributed by atoms with Gasteiger partial charge < -0.3 is 26.2 Å². The van der Waals surface area contributed by atoms with Crippen LogP contribution in [0.25, 0.3) is 0 Å². The third-order valence-corrected chi connectivity index (χ3v) is 5.85. The van der Waals surface area contributed by atoms with Crippen LogP contribution < -0.4 is 16.0 Å². The number of aliphatic hydroxyl groups excluding tert-OH is 2. The van der Waals surface area contributed by atoms with E-state index in [4.69, 9.17) is 5.11 Å². The zero-order chi connectivity index (χ0) is 25.2. The van der Waals surface area contributed by atoms with Crippen LogP contribution in [0.15, 0.2) is 48.5 Å². The van der Waals surface area contributed by atoms with Crippen molar-refractivity contribution in [3.8, 4) is 11.8 Å². The second kappa shape index (κ2) is 12.8. The maximum atomic E-state index is 12.4. The molecule has 0 unspecified atom stereocenters. The van der Waals surface area contributed by atoms with Crippen LogP contribution in [0.1, 0.15) is 55.5 Å². The topological polar surface area (TPSA) is 128 Å². The number of hydrogen-bond acceptors (Lipinski definition) is 6. The highest BCUT2D eigenvalue weighted by atomic mass is 16.3. The normalized spacial score (nSPS) is 14.9. The third kappa shape index (κ3) is 8.04. The van der Waals surface area contributed by atoms with E-state index in [9.17, 15) is 19.5 Å². The molecular formula is C27H33N3O5. The van der Waals surface area contributed by atoms with E-state index in [1.54, 1.807) is 36.4 Å². The Morgan fingerprint density at radius 1 is 1.00 bits per heavy atom. The van der Waals surface area contributed by atoms with Crippen molar-refractivity contribution in [2.75, 3.05) is 18.5 Å². The molecule has 1 fully saturated rings. The summed E-state index contributed by atoms with van der Waals surface area (Å²) in [4.78, 5) is 36.2. The number of aliphatic hydroxyl groups is 2. The van der Waals surface area contributed by atoms with Crippen LogP contribution in [0.2, 0.25) is 0 Å². The Hall–Kier alpha value is -3.51. The Kier molecular flexibility index (Phi) is 9.56. The lowest BCUT2D eigenvalue weighted by molar-refractivity contribution is -0.125. The highest BCUT2D eigenvalue weighted by Crippen LogP contribution is 2.17. The first-order valence-corrected chi connectivity index (χ1v) is 11.7. The van der Waals surface area contributed by atoms with Gasteiger partial charge in [0, 0.05) is 29.8 Å². The van der Waals surface area contributed by atoms with Gasteiger partial charge in [-0.2, -0.15) is 0 Å². The summed E-state index contributed by atoms with van der Waals surface area (Å²) in [6, 6.07) is 13.0. The fourth-order valence-corrected chi connectivity index (χ4v) is 3.85. The smallest absolute Gasteiger partial charge is 0.251 e. The van der Waals surface area contributed by atoms with E-state index in [0.29, 0.717) is 29.4 Å². The number of nitrogens with one attached hydrogen (secondary N) is 3. The standard InChI is InChI=1S/C27H31N3O5.H2/c1-18(32)26(24(33)17-31)30-27(35)21-12-8-19(9-13-21)6-7-20-10-14-23(15-11-20)29-25(34)16-28-22-4-2-3-5-22;/h8-15,18,22,26,28,31-32H,2-5,16-17H2,1H3,(H,29,34)(H,30,35);1H/t18-,26+;/m1./s1. The number of rotatable bonds is 9. The molecule has 0 aromatic heterocycles. The highest BCUT2D eigenvalue weighted by Gasteiger charge is 2.25. The Morgan fingerprint density at radius 3 is 2.11 bits per heavy atom. The van der Waals surface area contributed by atoms with Crippen molar-refractivity contribution in [1.82, 2.24) is 10.6 Å². The first kappa shape index (κ1) is 26.1. The number of carbonyl (C=O) groups is 3. The van der Waals surface area contributed by atoms with Crippen molar-refractivity contribution in [3.05, 3.63) is 65.2 Å². The molecule has 2 amide bonds. The number of hydrogen-bond donors (Lipinski definition) is 5. The van der Waals surface area contributed by atoms with Gasteiger partial charge in [-0.25, -0.2) is 0 Å². The minimum Gasteiger partial charge on any atom is -0.391 e. The molecule has 0 radical (unpaired) electrons. The average Bonchev–Trinajstić information content (AvgIpc) is 3.39. The molecule has 8 nitrogen and oxygen atoms in total. The van der Waals surface area contributed by atoms with Crippen molar-refractivity contribution in [2.45, 2.75) is 50.8 Å². The van der Waals surface area contributed by atoms with Gasteiger partial charge in [0.1, 0.15) is 12.6 Å². The van der Waals surface area contributed by atoms with E-state index >= 15 is 0 Å². The molecule has 2 aromatic rings. The van der Waals surface area contributed by atoms with Crippen molar-refractivity contribution >= 4 is 23.3 Å². The molecule has 5 N–H and O–H groups in total. The van der Waals surface area contributed by atoms with Crippen LogP contribution in [0.5, 0.6) is 0 Å². The first-order valence-electron chi connectivity index (χ1n) is 11.7. The fraction of sp³-hybridized carbons (Fsp3) is 0.370. The number of benzene rings is 2. The van der Waals surface area contributed by atoms with Crippen LogP contribution in [0, 0.1) is 11.8 Å². The maximum absolute atomic E-state index is 12.4. The summed E-state index contributed by atoms with van der Waals surface area (Å²) < 4.78 is 0. The summed E-state index contributed by atoms with van der Waals surface area (Å²) in [5, 5.41) is 27.3. The molecule has 0 spiro atoms. The Morgan fingerprint density at radius 2 is 1.57 bits per heavy atom. The van der Waals surface area contributed by atoms with Crippen molar-refractivity contribution in [3.63, 3.8) is 0 Å². The predicted octanol–water partition coefficient (Wildman–Crippen LogP) is 1.84. The van der Waals surface area contributed by atoms with E-state index < -0.39 is 30.4 Å². The lowest BCUT2D eigenvalue weighted by Gasteiger charge is -2.19. The van der Waals surface area contributed by atoms with E-state index in [1.165, 1.54) is 19.8 Å². The lowest BCUT2D eigenvalue weighted by Crippen LogP contribution is -2.48. The Bertz CT molecular complexity index is 1090. The van der Waals surface area contributed by atoms with Gasteiger partial charge in [0.25, 0.3) is 5.91 Å². The molecule has 0 heterocycles. The summed E-state index contributed by atoms with van der Waals surface area (Å²) in [5.74, 6) is 4.79. The SMILES string of the molecule is C[C@@H](O)[C@H](NC(=O)c1ccc(C#Cc2ccc(NC(=O)CNC3CCCC3)cc2)cc1)C(=O)CO.[HH]. The molecule has 2 aromatic carbocycles. The predicted molar refractivity (Wildman–Crippen MR) is 135 cm³/mol. The molecule has 1 aliphatic carbocycles.